The van der Waals surface area contributed by atoms with Crippen molar-refractivity contribution < 1.29 is 14.3 Å². The molecule has 0 saturated heterocycles. The number of hydrogen-bond donors (Lipinski definition) is 2. The predicted octanol–water partition coefficient (Wildman–Crippen LogP) is 4.44. The van der Waals surface area contributed by atoms with Crippen LogP contribution in [0.5, 0.6) is 11.5 Å². The minimum absolute atomic E-state index is 0.178. The normalized spacial score (nSPS) is 10.4. The third kappa shape index (κ3) is 4.76. The molecule has 0 amide bonds. The van der Waals surface area contributed by atoms with E-state index in [1.165, 1.54) is 25.7 Å². The Morgan fingerprint density at radius 3 is 2.52 bits per heavy atom. The van der Waals surface area contributed by atoms with Crippen molar-refractivity contribution in [3.8, 4) is 22.8 Å². The third-order valence-corrected chi connectivity index (χ3v) is 4.39. The van der Waals surface area contributed by atoms with Crippen LogP contribution >= 0.6 is 0 Å². The lowest BCUT2D eigenvalue weighted by molar-refractivity contribution is 0.0593. The van der Waals surface area contributed by atoms with Crippen molar-refractivity contribution in [1.29, 1.82) is 0 Å². The van der Waals surface area contributed by atoms with Crippen LogP contribution in [0.4, 0.5) is 17.2 Å². The number of para-hydroxylation sites is 1. The Kier molecular flexibility index (Phi) is 5.70. The van der Waals surface area contributed by atoms with Crippen molar-refractivity contribution in [3.05, 3.63) is 84.9 Å². The second-order valence-corrected chi connectivity index (χ2v) is 6.50. The number of carbonyl (C=O) groups excluding carboxylic acids is 1. The zero-order valence-corrected chi connectivity index (χ0v) is 16.6. The summed E-state index contributed by atoms with van der Waals surface area (Å²) < 4.78 is 10.5. The van der Waals surface area contributed by atoms with Crippen LogP contribution in [-0.4, -0.2) is 28.0 Å². The van der Waals surface area contributed by atoms with Crippen molar-refractivity contribution in [2.45, 2.75) is 0 Å². The maximum atomic E-state index is 11.6. The Morgan fingerprint density at radius 1 is 0.935 bits per heavy atom. The summed E-state index contributed by atoms with van der Waals surface area (Å²) in [6, 6.07) is 19.9. The van der Waals surface area contributed by atoms with Gasteiger partial charge < -0.3 is 20.5 Å². The summed E-state index contributed by atoms with van der Waals surface area (Å²) in [5.74, 6) is 1.20. The number of ether oxygens (including phenoxy) is 2. The van der Waals surface area contributed by atoms with Gasteiger partial charge in [0.1, 0.15) is 23.6 Å². The minimum Gasteiger partial charge on any atom is -0.464 e. The highest BCUT2D eigenvalue weighted by Crippen LogP contribution is 2.27. The van der Waals surface area contributed by atoms with Gasteiger partial charge in [-0.1, -0.05) is 18.2 Å². The number of methoxy groups -OCH3 is 1. The highest BCUT2D eigenvalue weighted by molar-refractivity contribution is 5.87. The van der Waals surface area contributed by atoms with Crippen LogP contribution in [-0.2, 0) is 4.74 Å². The molecule has 8 heteroatoms. The van der Waals surface area contributed by atoms with Gasteiger partial charge in [0.05, 0.1) is 12.8 Å². The number of nitrogens with one attached hydrogen (secondary N) is 1. The molecule has 154 valence electrons. The molecule has 0 aliphatic carbocycles. The molecule has 8 nitrogen and oxygen atoms in total. The van der Waals surface area contributed by atoms with Gasteiger partial charge in [0, 0.05) is 35.3 Å². The van der Waals surface area contributed by atoms with Crippen LogP contribution < -0.4 is 15.8 Å². The van der Waals surface area contributed by atoms with E-state index in [-0.39, 0.29) is 5.69 Å². The van der Waals surface area contributed by atoms with Gasteiger partial charge in [-0.2, -0.15) is 0 Å². The zero-order valence-electron chi connectivity index (χ0n) is 16.6. The maximum absolute atomic E-state index is 11.6. The summed E-state index contributed by atoms with van der Waals surface area (Å²) in [5, 5.41) is 3.24. The highest BCUT2D eigenvalue weighted by Gasteiger charge is 2.09. The lowest BCUT2D eigenvalue weighted by Crippen LogP contribution is -2.03. The molecule has 0 fully saturated rings. The Labute approximate surface area is 178 Å². The minimum atomic E-state index is -0.522. The van der Waals surface area contributed by atoms with Gasteiger partial charge in [-0.3, -0.25) is 0 Å². The van der Waals surface area contributed by atoms with Crippen LogP contribution in [0.2, 0.25) is 0 Å². The number of hydrogen-bond acceptors (Lipinski definition) is 8. The first-order chi connectivity index (χ1) is 15.1. The van der Waals surface area contributed by atoms with E-state index in [0.717, 1.165) is 16.9 Å². The molecule has 4 aromatic rings. The average molecular weight is 413 g/mol. The molecule has 2 aromatic heterocycles. The molecule has 0 saturated carbocycles. The highest BCUT2D eigenvalue weighted by atomic mass is 16.5. The number of nitrogen functional groups attached to an aromatic ring is 1. The molecule has 4 rings (SSSR count). The fourth-order valence-corrected chi connectivity index (χ4v) is 2.88. The molecule has 0 radical (unpaired) electrons. The van der Waals surface area contributed by atoms with Gasteiger partial charge in [0.15, 0.2) is 5.69 Å². The summed E-state index contributed by atoms with van der Waals surface area (Å²) >= 11 is 0. The quantitative estimate of drug-likeness (QED) is 0.352. The van der Waals surface area contributed by atoms with Gasteiger partial charge in [-0.05, 0) is 36.4 Å². The molecular weight excluding hydrogens is 394 g/mol. The van der Waals surface area contributed by atoms with E-state index in [4.69, 9.17) is 10.5 Å². The molecule has 0 aliphatic heterocycles. The number of pyridine rings is 1. The first-order valence-electron chi connectivity index (χ1n) is 9.38. The lowest BCUT2D eigenvalue weighted by Gasteiger charge is -2.10. The molecule has 0 spiro atoms. The van der Waals surface area contributed by atoms with Crippen LogP contribution in [0.1, 0.15) is 10.5 Å². The summed E-state index contributed by atoms with van der Waals surface area (Å²) in [5.41, 5.74) is 9.28. The SMILES string of the molecule is COC(=O)c1cc(Oc2ccc(Nc3cc(-c4ccccc4N)ncn3)cc2)ccn1. The number of benzene rings is 2. The van der Waals surface area contributed by atoms with Crippen LogP contribution in [0, 0.1) is 0 Å². The molecule has 3 N–H and O–H groups in total. The first kappa shape index (κ1) is 19.8. The van der Waals surface area contributed by atoms with E-state index in [0.29, 0.717) is 23.0 Å². The van der Waals surface area contributed by atoms with Crippen LogP contribution in [0.25, 0.3) is 11.3 Å². The summed E-state index contributed by atoms with van der Waals surface area (Å²) in [4.78, 5) is 24.1. The third-order valence-electron chi connectivity index (χ3n) is 4.39. The Morgan fingerprint density at radius 2 is 1.74 bits per heavy atom. The van der Waals surface area contributed by atoms with E-state index in [2.05, 4.69) is 25.0 Å². The molecular formula is C23H19N5O3. The van der Waals surface area contributed by atoms with Gasteiger partial charge >= 0.3 is 5.97 Å². The van der Waals surface area contributed by atoms with Gasteiger partial charge in [-0.15, -0.1) is 0 Å². The number of nitrogens with zero attached hydrogens (tertiary/aromatic N) is 3. The van der Waals surface area contributed by atoms with E-state index < -0.39 is 5.97 Å². The van der Waals surface area contributed by atoms with Gasteiger partial charge in [-0.25, -0.2) is 19.7 Å². The van der Waals surface area contributed by atoms with Crippen LogP contribution in [0.15, 0.2) is 79.3 Å². The first-order valence-corrected chi connectivity index (χ1v) is 9.38. The van der Waals surface area contributed by atoms with Crippen molar-refractivity contribution in [3.63, 3.8) is 0 Å². The summed E-state index contributed by atoms with van der Waals surface area (Å²) in [6.45, 7) is 0. The second kappa shape index (κ2) is 8.91. The number of rotatable bonds is 6. The van der Waals surface area contributed by atoms with Gasteiger partial charge in [0.2, 0.25) is 0 Å². The number of esters is 1. The molecule has 2 aromatic carbocycles. The predicted molar refractivity (Wildman–Crippen MR) is 117 cm³/mol. The number of anilines is 3. The van der Waals surface area contributed by atoms with Gasteiger partial charge in [0.25, 0.3) is 0 Å². The number of carbonyl (C=O) groups is 1. The van der Waals surface area contributed by atoms with E-state index >= 15 is 0 Å². The van der Waals surface area contributed by atoms with Crippen molar-refractivity contribution in [2.75, 3.05) is 18.2 Å². The molecule has 0 atom stereocenters. The maximum Gasteiger partial charge on any atom is 0.356 e. The fourth-order valence-electron chi connectivity index (χ4n) is 2.88. The fraction of sp³-hybridized carbons (Fsp3) is 0.0435. The molecule has 0 unspecified atom stereocenters. The van der Waals surface area contributed by atoms with E-state index in [1.54, 1.807) is 18.2 Å². The van der Waals surface area contributed by atoms with Crippen molar-refractivity contribution in [1.82, 2.24) is 15.0 Å². The number of aromatic nitrogens is 3. The van der Waals surface area contributed by atoms with Crippen LogP contribution in [0.3, 0.4) is 0 Å². The Balaban J connectivity index is 1.47. The van der Waals surface area contributed by atoms with Crippen molar-refractivity contribution >= 4 is 23.2 Å². The monoisotopic (exact) mass is 413 g/mol. The smallest absolute Gasteiger partial charge is 0.356 e. The molecule has 31 heavy (non-hydrogen) atoms. The second-order valence-electron chi connectivity index (χ2n) is 6.50. The topological polar surface area (TPSA) is 112 Å². The lowest BCUT2D eigenvalue weighted by atomic mass is 10.1. The average Bonchev–Trinajstić information content (AvgIpc) is 2.80. The summed E-state index contributed by atoms with van der Waals surface area (Å²) in [7, 11) is 1.30. The standard InChI is InChI=1S/C23H19N5O3/c1-30-23(29)21-12-17(10-11-25-21)31-16-8-6-15(7-9-16)28-22-13-20(26-14-27-22)18-4-2-3-5-19(18)24/h2-14H,24H2,1H3,(H,26,27,28). The van der Waals surface area contributed by atoms with E-state index in [1.807, 2.05) is 42.5 Å². The summed E-state index contributed by atoms with van der Waals surface area (Å²) in [6.07, 6.45) is 2.98. The number of nitrogens with two attached hydrogens (primary N) is 1. The Bertz CT molecular complexity index is 1210. The largest absolute Gasteiger partial charge is 0.464 e. The molecule has 0 bridgehead atoms. The Hall–Kier alpha value is -4.46. The molecule has 0 aliphatic rings. The zero-order chi connectivity index (χ0) is 21.6. The van der Waals surface area contributed by atoms with Crippen molar-refractivity contribution in [2.24, 2.45) is 0 Å². The van der Waals surface area contributed by atoms with E-state index in [9.17, 15) is 4.79 Å². The molecule has 2 heterocycles.